The minimum Gasteiger partial charge on any atom is -0.310 e. The van der Waals surface area contributed by atoms with E-state index >= 15 is 0 Å². The maximum Gasteiger partial charge on any atom is 0.269 e. The molecule has 0 saturated carbocycles. The molecule has 2 heterocycles. The smallest absolute Gasteiger partial charge is 0.269 e. The number of non-ortho nitro benzene ring substituents is 1. The average molecular weight is 448 g/mol. The summed E-state index contributed by atoms with van der Waals surface area (Å²) in [5.41, 5.74) is 4.03. The monoisotopic (exact) mass is 447 g/mol. The number of hydrogen-bond acceptors (Lipinski definition) is 5. The number of aryl methyl sites for hydroxylation is 1. The van der Waals surface area contributed by atoms with E-state index in [2.05, 4.69) is 56.9 Å². The van der Waals surface area contributed by atoms with Gasteiger partial charge >= 0.3 is 0 Å². The number of nitrogens with one attached hydrogen (secondary N) is 1. The van der Waals surface area contributed by atoms with Crippen LogP contribution in [0.15, 0.2) is 53.3 Å². The molecule has 1 N–H and O–H groups in total. The topological polar surface area (TPSA) is 88.9 Å². The normalized spacial score (nSPS) is 11.8. The maximum absolute atomic E-state index is 13.1. The summed E-state index contributed by atoms with van der Waals surface area (Å²) in [4.78, 5) is 33.0. The molecule has 164 valence electrons. The van der Waals surface area contributed by atoms with Crippen LogP contribution in [0.25, 0.3) is 21.3 Å². The van der Waals surface area contributed by atoms with Crippen molar-refractivity contribution in [2.45, 2.75) is 46.0 Å². The van der Waals surface area contributed by atoms with Gasteiger partial charge in [0.25, 0.3) is 11.2 Å². The third-order valence-corrected chi connectivity index (χ3v) is 6.79. The van der Waals surface area contributed by atoms with Crippen LogP contribution in [0, 0.1) is 10.1 Å². The molecule has 0 spiro atoms. The summed E-state index contributed by atoms with van der Waals surface area (Å²) < 4.78 is 0. The van der Waals surface area contributed by atoms with Gasteiger partial charge in [-0.2, -0.15) is 0 Å². The lowest BCUT2D eigenvalue weighted by molar-refractivity contribution is -0.384. The summed E-state index contributed by atoms with van der Waals surface area (Å²) in [5.74, 6) is 0.551. The first-order valence-corrected chi connectivity index (χ1v) is 11.4. The Kier molecular flexibility index (Phi) is 5.69. The molecule has 2 aromatic carbocycles. The highest BCUT2D eigenvalue weighted by Crippen LogP contribution is 2.37. The molecule has 4 rings (SSSR count). The molecule has 7 heteroatoms. The number of nitrogens with zero attached hydrogens (tertiary/aromatic N) is 2. The number of aromatic amines is 1. The van der Waals surface area contributed by atoms with Crippen LogP contribution in [0.2, 0.25) is 0 Å². The van der Waals surface area contributed by atoms with Crippen LogP contribution in [0.5, 0.6) is 0 Å². The van der Waals surface area contributed by atoms with Crippen LogP contribution in [0.4, 0.5) is 5.69 Å². The molecule has 0 atom stereocenters. The molecule has 0 radical (unpaired) electrons. The van der Waals surface area contributed by atoms with Crippen molar-refractivity contribution in [1.82, 2.24) is 9.97 Å². The van der Waals surface area contributed by atoms with Gasteiger partial charge in [-0.1, -0.05) is 64.1 Å². The first kappa shape index (κ1) is 21.9. The predicted octanol–water partition coefficient (Wildman–Crippen LogP) is 6.01. The van der Waals surface area contributed by atoms with Gasteiger partial charge in [0.2, 0.25) is 0 Å². The van der Waals surface area contributed by atoms with Gasteiger partial charge < -0.3 is 4.98 Å². The van der Waals surface area contributed by atoms with Gasteiger partial charge in [-0.25, -0.2) is 4.98 Å². The summed E-state index contributed by atoms with van der Waals surface area (Å²) in [7, 11) is 0. The van der Waals surface area contributed by atoms with Gasteiger partial charge in [0, 0.05) is 29.0 Å². The number of thiophene rings is 1. The van der Waals surface area contributed by atoms with Gasteiger partial charge in [0.05, 0.1) is 10.3 Å². The van der Waals surface area contributed by atoms with E-state index in [1.807, 2.05) is 0 Å². The third-order valence-electron chi connectivity index (χ3n) is 5.56. The Balaban J connectivity index is 1.75. The Morgan fingerprint density at radius 1 is 1.06 bits per heavy atom. The number of hydrogen-bond donors (Lipinski definition) is 1. The predicted molar refractivity (Wildman–Crippen MR) is 130 cm³/mol. The average Bonchev–Trinajstić information content (AvgIpc) is 3.12. The van der Waals surface area contributed by atoms with E-state index in [1.54, 1.807) is 23.5 Å². The van der Waals surface area contributed by atoms with Gasteiger partial charge in [0.15, 0.2) is 0 Å². The second-order valence-corrected chi connectivity index (χ2v) is 9.96. The molecule has 0 aliphatic carbocycles. The first-order chi connectivity index (χ1) is 15.2. The standard InChI is InChI=1S/C25H25N3O3S/c1-5-19-21(16-8-10-17(11-9-16)25(2,3)4)22-23(29)26-20(27-24(22)32-19)14-15-6-12-18(13-7-15)28(30)31/h6-13H,5,14H2,1-4H3,(H,26,27,29). The molecular formula is C25H25N3O3S. The van der Waals surface area contributed by atoms with Crippen molar-refractivity contribution in [3.8, 4) is 11.1 Å². The Labute approximate surface area is 190 Å². The van der Waals surface area contributed by atoms with Crippen molar-refractivity contribution in [2.75, 3.05) is 0 Å². The maximum atomic E-state index is 13.1. The zero-order chi connectivity index (χ0) is 23.0. The van der Waals surface area contributed by atoms with E-state index in [0.717, 1.165) is 32.8 Å². The highest BCUT2D eigenvalue weighted by molar-refractivity contribution is 7.19. The Morgan fingerprint density at radius 2 is 1.72 bits per heavy atom. The van der Waals surface area contributed by atoms with E-state index < -0.39 is 4.92 Å². The van der Waals surface area contributed by atoms with Crippen molar-refractivity contribution in [1.29, 1.82) is 0 Å². The van der Waals surface area contributed by atoms with Crippen LogP contribution < -0.4 is 5.56 Å². The highest BCUT2D eigenvalue weighted by Gasteiger charge is 2.19. The van der Waals surface area contributed by atoms with E-state index in [9.17, 15) is 14.9 Å². The molecule has 0 aliphatic rings. The molecule has 4 aromatic rings. The minimum atomic E-state index is -0.427. The number of rotatable bonds is 5. The summed E-state index contributed by atoms with van der Waals surface area (Å²) in [6.07, 6.45) is 1.21. The van der Waals surface area contributed by atoms with Crippen molar-refractivity contribution in [3.63, 3.8) is 0 Å². The number of nitro benzene ring substituents is 1. The highest BCUT2D eigenvalue weighted by atomic mass is 32.1. The Morgan fingerprint density at radius 3 is 2.28 bits per heavy atom. The minimum absolute atomic E-state index is 0.0404. The van der Waals surface area contributed by atoms with E-state index in [4.69, 9.17) is 4.98 Å². The fraction of sp³-hybridized carbons (Fsp3) is 0.280. The zero-order valence-corrected chi connectivity index (χ0v) is 19.4. The van der Waals surface area contributed by atoms with Gasteiger partial charge in [-0.3, -0.25) is 14.9 Å². The van der Waals surface area contributed by atoms with Gasteiger partial charge in [0.1, 0.15) is 10.7 Å². The van der Waals surface area contributed by atoms with Crippen LogP contribution in [0.1, 0.15) is 49.5 Å². The van der Waals surface area contributed by atoms with Crippen molar-refractivity contribution in [2.24, 2.45) is 0 Å². The number of benzene rings is 2. The fourth-order valence-electron chi connectivity index (χ4n) is 3.80. The molecule has 0 saturated heterocycles. The van der Waals surface area contributed by atoms with E-state index in [1.165, 1.54) is 17.7 Å². The zero-order valence-electron chi connectivity index (χ0n) is 18.6. The van der Waals surface area contributed by atoms with Crippen LogP contribution in [-0.2, 0) is 18.3 Å². The van der Waals surface area contributed by atoms with E-state index in [-0.39, 0.29) is 16.7 Å². The summed E-state index contributed by atoms with van der Waals surface area (Å²) >= 11 is 1.55. The lowest BCUT2D eigenvalue weighted by atomic mass is 9.86. The number of nitro groups is 1. The van der Waals surface area contributed by atoms with Gasteiger partial charge in [-0.15, -0.1) is 11.3 Å². The molecule has 0 unspecified atom stereocenters. The SMILES string of the molecule is CCc1sc2nc(Cc3ccc([N+](=O)[O-])cc3)[nH]c(=O)c2c1-c1ccc(C(C)(C)C)cc1. The number of H-pyrrole nitrogens is 1. The van der Waals surface area contributed by atoms with Crippen molar-refractivity contribution in [3.05, 3.63) is 90.8 Å². The molecule has 2 aromatic heterocycles. The van der Waals surface area contributed by atoms with Crippen molar-refractivity contribution < 1.29 is 4.92 Å². The molecule has 0 aliphatic heterocycles. The molecule has 0 fully saturated rings. The number of fused-ring (bicyclic) bond motifs is 1. The Bertz CT molecular complexity index is 1340. The first-order valence-electron chi connectivity index (χ1n) is 10.6. The molecule has 0 bridgehead atoms. The third kappa shape index (κ3) is 4.21. The van der Waals surface area contributed by atoms with Crippen LogP contribution in [0.3, 0.4) is 0 Å². The second-order valence-electron chi connectivity index (χ2n) is 8.87. The number of aromatic nitrogens is 2. The van der Waals surface area contributed by atoms with Crippen molar-refractivity contribution >= 4 is 27.2 Å². The molecular weight excluding hydrogens is 422 g/mol. The fourth-order valence-corrected chi connectivity index (χ4v) is 4.95. The van der Waals surface area contributed by atoms with Crippen LogP contribution >= 0.6 is 11.3 Å². The summed E-state index contributed by atoms with van der Waals surface area (Å²) in [6.45, 7) is 8.63. The largest absolute Gasteiger partial charge is 0.310 e. The second kappa shape index (κ2) is 8.31. The van der Waals surface area contributed by atoms with Gasteiger partial charge in [-0.05, 0) is 28.5 Å². The quantitative estimate of drug-likeness (QED) is 0.300. The molecule has 6 nitrogen and oxygen atoms in total. The summed E-state index contributed by atoms with van der Waals surface area (Å²) in [5, 5.41) is 11.5. The van der Waals surface area contributed by atoms with Crippen LogP contribution in [-0.4, -0.2) is 14.9 Å². The Hall–Kier alpha value is -3.32. The van der Waals surface area contributed by atoms with E-state index in [0.29, 0.717) is 17.6 Å². The lowest BCUT2D eigenvalue weighted by Gasteiger charge is -2.19. The molecule has 32 heavy (non-hydrogen) atoms. The summed E-state index contributed by atoms with van der Waals surface area (Å²) in [6, 6.07) is 14.7. The lowest BCUT2D eigenvalue weighted by Crippen LogP contribution is -2.12. The molecule has 0 amide bonds.